The molecule has 1 aromatic heterocycles. The molecule has 0 aliphatic rings. The monoisotopic (exact) mass is 237 g/mol. The van der Waals surface area contributed by atoms with Crippen LogP contribution in [0.4, 0.5) is 0 Å². The summed E-state index contributed by atoms with van der Waals surface area (Å²) in [5.41, 5.74) is 4.89. The van der Waals surface area contributed by atoms with Gasteiger partial charge in [-0.1, -0.05) is 19.9 Å². The van der Waals surface area contributed by atoms with Crippen molar-refractivity contribution in [2.24, 2.45) is 11.7 Å². The number of hydrogen-bond donors (Lipinski definition) is 3. The van der Waals surface area contributed by atoms with Crippen molar-refractivity contribution in [2.75, 3.05) is 0 Å². The van der Waals surface area contributed by atoms with Gasteiger partial charge in [0, 0.05) is 6.07 Å². The molecule has 0 bridgehead atoms. The smallest absolute Gasteiger partial charge is 0.268 e. The van der Waals surface area contributed by atoms with Crippen LogP contribution in [0.5, 0.6) is 0 Å². The maximum Gasteiger partial charge on any atom is 0.268 e. The van der Waals surface area contributed by atoms with Crippen molar-refractivity contribution in [3.63, 3.8) is 0 Å². The van der Waals surface area contributed by atoms with Gasteiger partial charge in [0.2, 0.25) is 11.5 Å². The van der Waals surface area contributed by atoms with Gasteiger partial charge >= 0.3 is 0 Å². The summed E-state index contributed by atoms with van der Waals surface area (Å²) in [6.45, 7) is 3.53. The molecular weight excluding hydrogens is 222 g/mol. The third-order valence-electron chi connectivity index (χ3n) is 2.27. The summed E-state index contributed by atoms with van der Waals surface area (Å²) in [5.74, 6) is -1.25. The molecule has 1 rings (SSSR count). The molecule has 0 aliphatic carbocycles. The molecule has 1 aromatic rings. The topological polar surface area (TPSA) is 105 Å². The molecule has 0 radical (unpaired) electrons. The highest BCUT2D eigenvalue weighted by atomic mass is 16.2. The number of amides is 2. The van der Waals surface area contributed by atoms with Crippen molar-refractivity contribution in [3.8, 4) is 0 Å². The van der Waals surface area contributed by atoms with Crippen LogP contribution in [0, 0.1) is 5.92 Å². The van der Waals surface area contributed by atoms with Gasteiger partial charge in [0.25, 0.3) is 5.91 Å². The second-order valence-electron chi connectivity index (χ2n) is 4.03. The van der Waals surface area contributed by atoms with Gasteiger partial charge in [-0.3, -0.25) is 14.4 Å². The van der Waals surface area contributed by atoms with Crippen LogP contribution in [0.2, 0.25) is 0 Å². The number of hydrogen-bond acceptors (Lipinski definition) is 3. The van der Waals surface area contributed by atoms with E-state index in [-0.39, 0.29) is 17.2 Å². The average Bonchev–Trinajstić information content (AvgIpc) is 2.24. The van der Waals surface area contributed by atoms with Crippen LogP contribution in [-0.2, 0) is 4.79 Å². The van der Waals surface area contributed by atoms with E-state index >= 15 is 0 Å². The molecule has 0 saturated carbocycles. The zero-order chi connectivity index (χ0) is 13.0. The number of primary amides is 1. The highest BCUT2D eigenvalue weighted by Gasteiger charge is 2.22. The van der Waals surface area contributed by atoms with Crippen LogP contribution in [-0.4, -0.2) is 22.8 Å². The molecule has 0 fully saturated rings. The predicted molar refractivity (Wildman–Crippen MR) is 62.3 cm³/mol. The average molecular weight is 237 g/mol. The molecule has 92 valence electrons. The number of aromatic nitrogens is 1. The lowest BCUT2D eigenvalue weighted by Gasteiger charge is -2.18. The fourth-order valence-corrected chi connectivity index (χ4v) is 1.37. The van der Waals surface area contributed by atoms with E-state index in [1.54, 1.807) is 13.8 Å². The van der Waals surface area contributed by atoms with Crippen LogP contribution < -0.4 is 16.6 Å². The quantitative estimate of drug-likeness (QED) is 0.664. The number of carbonyl (C=O) groups excluding carboxylic acids is 2. The number of rotatable bonds is 4. The summed E-state index contributed by atoms with van der Waals surface area (Å²) < 4.78 is 0. The Kier molecular flexibility index (Phi) is 4.03. The molecule has 4 N–H and O–H groups in total. The first-order chi connectivity index (χ1) is 7.91. The number of carbonyl (C=O) groups is 2. The van der Waals surface area contributed by atoms with Crippen molar-refractivity contribution >= 4 is 11.8 Å². The minimum absolute atomic E-state index is 0.101. The summed E-state index contributed by atoms with van der Waals surface area (Å²) in [5, 5.41) is 2.48. The number of nitrogens with two attached hydrogens (primary N) is 1. The minimum Gasteiger partial charge on any atom is -0.368 e. The number of H-pyrrole nitrogens is 1. The Morgan fingerprint density at radius 2 is 2.00 bits per heavy atom. The van der Waals surface area contributed by atoms with Gasteiger partial charge in [0.15, 0.2) is 0 Å². The number of aromatic amines is 1. The zero-order valence-corrected chi connectivity index (χ0v) is 9.69. The van der Waals surface area contributed by atoms with Crippen molar-refractivity contribution in [2.45, 2.75) is 19.9 Å². The lowest BCUT2D eigenvalue weighted by atomic mass is 10.0. The molecule has 0 saturated heterocycles. The van der Waals surface area contributed by atoms with Crippen LogP contribution in [0.15, 0.2) is 23.0 Å². The van der Waals surface area contributed by atoms with Gasteiger partial charge < -0.3 is 16.0 Å². The van der Waals surface area contributed by atoms with E-state index in [0.717, 1.165) is 0 Å². The summed E-state index contributed by atoms with van der Waals surface area (Å²) in [7, 11) is 0. The molecule has 0 spiro atoms. The summed E-state index contributed by atoms with van der Waals surface area (Å²) in [4.78, 5) is 36.2. The highest BCUT2D eigenvalue weighted by molar-refractivity contribution is 5.95. The molecule has 1 unspecified atom stereocenters. The fraction of sp³-hybridized carbons (Fsp3) is 0.364. The van der Waals surface area contributed by atoms with Crippen molar-refractivity contribution in [3.05, 3.63) is 34.2 Å². The van der Waals surface area contributed by atoms with E-state index in [1.807, 2.05) is 0 Å². The zero-order valence-electron chi connectivity index (χ0n) is 9.69. The van der Waals surface area contributed by atoms with E-state index < -0.39 is 17.9 Å². The van der Waals surface area contributed by atoms with Crippen LogP contribution in [0.25, 0.3) is 0 Å². The highest BCUT2D eigenvalue weighted by Crippen LogP contribution is 2.02. The Hall–Kier alpha value is -2.11. The first-order valence-electron chi connectivity index (χ1n) is 5.21. The van der Waals surface area contributed by atoms with Crippen molar-refractivity contribution < 1.29 is 9.59 Å². The first kappa shape index (κ1) is 13.0. The fourth-order valence-electron chi connectivity index (χ4n) is 1.37. The van der Waals surface area contributed by atoms with Gasteiger partial charge in [0.1, 0.15) is 11.7 Å². The normalized spacial score (nSPS) is 12.2. The third kappa shape index (κ3) is 3.44. The van der Waals surface area contributed by atoms with E-state index in [4.69, 9.17) is 5.73 Å². The lowest BCUT2D eigenvalue weighted by Crippen LogP contribution is -2.48. The number of nitrogens with one attached hydrogen (secondary N) is 2. The standard InChI is InChI=1S/C11H15N3O3/c1-6(2)9(10(12)16)14-11(17)7-4-3-5-8(15)13-7/h3-6,9H,1-2H3,(H2,12,16)(H,13,15)(H,14,17). The van der Waals surface area contributed by atoms with E-state index in [1.165, 1.54) is 18.2 Å². The van der Waals surface area contributed by atoms with Gasteiger partial charge in [-0.2, -0.15) is 0 Å². The molecule has 0 aliphatic heterocycles. The summed E-state index contributed by atoms with van der Waals surface area (Å²) in [6.07, 6.45) is 0. The SMILES string of the molecule is CC(C)C(NC(=O)c1cccc(=O)[nH]1)C(N)=O. The summed E-state index contributed by atoms with van der Waals surface area (Å²) >= 11 is 0. The largest absolute Gasteiger partial charge is 0.368 e. The van der Waals surface area contributed by atoms with Crippen LogP contribution in [0.3, 0.4) is 0 Å². The lowest BCUT2D eigenvalue weighted by molar-refractivity contribution is -0.120. The van der Waals surface area contributed by atoms with Gasteiger partial charge in [-0.05, 0) is 12.0 Å². The second kappa shape index (κ2) is 5.29. The maximum absolute atomic E-state index is 11.7. The molecule has 2 amide bonds. The molecule has 0 aromatic carbocycles. The van der Waals surface area contributed by atoms with Gasteiger partial charge in [-0.25, -0.2) is 0 Å². The predicted octanol–water partition coefficient (Wildman–Crippen LogP) is -0.385. The van der Waals surface area contributed by atoms with Crippen molar-refractivity contribution in [1.29, 1.82) is 0 Å². The van der Waals surface area contributed by atoms with Crippen LogP contribution >= 0.6 is 0 Å². The number of pyridine rings is 1. The Bertz CT molecular complexity index is 479. The molecule has 1 atom stereocenters. The second-order valence-corrected chi connectivity index (χ2v) is 4.03. The van der Waals surface area contributed by atoms with Crippen LogP contribution in [0.1, 0.15) is 24.3 Å². The molecule has 6 heteroatoms. The third-order valence-corrected chi connectivity index (χ3v) is 2.27. The summed E-state index contributed by atoms with van der Waals surface area (Å²) in [6, 6.07) is 3.45. The van der Waals surface area contributed by atoms with Gasteiger partial charge in [-0.15, -0.1) is 0 Å². The maximum atomic E-state index is 11.7. The van der Waals surface area contributed by atoms with Crippen molar-refractivity contribution in [1.82, 2.24) is 10.3 Å². The molecular formula is C11H15N3O3. The molecule has 1 heterocycles. The van der Waals surface area contributed by atoms with E-state index in [0.29, 0.717) is 0 Å². The minimum atomic E-state index is -0.758. The Labute approximate surface area is 98.2 Å². The van der Waals surface area contributed by atoms with E-state index in [9.17, 15) is 14.4 Å². The van der Waals surface area contributed by atoms with E-state index in [2.05, 4.69) is 10.3 Å². The molecule has 6 nitrogen and oxygen atoms in total. The Balaban J connectivity index is 2.85. The first-order valence-corrected chi connectivity index (χ1v) is 5.21. The Morgan fingerprint density at radius 3 is 2.47 bits per heavy atom. The van der Waals surface area contributed by atoms with Gasteiger partial charge in [0.05, 0.1) is 0 Å². The Morgan fingerprint density at radius 1 is 1.35 bits per heavy atom. The molecule has 17 heavy (non-hydrogen) atoms.